The van der Waals surface area contributed by atoms with E-state index >= 15 is 0 Å². The van der Waals surface area contributed by atoms with Crippen molar-refractivity contribution in [3.8, 4) is 0 Å². The Morgan fingerprint density at radius 3 is 2.35 bits per heavy atom. The van der Waals surface area contributed by atoms with Gasteiger partial charge >= 0.3 is 0 Å². The minimum atomic E-state index is 0.577. The molecule has 0 saturated carbocycles. The molecule has 1 aromatic carbocycles. The van der Waals surface area contributed by atoms with Crippen LogP contribution in [0.3, 0.4) is 0 Å². The number of aldehydes is 1. The topological polar surface area (TPSA) is 26.3 Å². The molecule has 2 heteroatoms. The fourth-order valence-electron chi connectivity index (χ4n) is 2.13. The lowest BCUT2D eigenvalue weighted by molar-refractivity contribution is -0.103. The number of ether oxygens (including phenoxy) is 1. The van der Waals surface area contributed by atoms with Crippen molar-refractivity contribution in [2.75, 3.05) is 6.61 Å². The summed E-state index contributed by atoms with van der Waals surface area (Å²) < 4.78 is 5.18. The Hall–Kier alpha value is -1.57. The number of rotatable bonds is 10. The SMILES string of the molecule is CCCCCCCc1ccc(C(C=O)=COCC)cc1. The van der Waals surface area contributed by atoms with Gasteiger partial charge in [-0.2, -0.15) is 0 Å². The third-order valence-electron chi connectivity index (χ3n) is 3.36. The molecule has 2 nitrogen and oxygen atoms in total. The van der Waals surface area contributed by atoms with Gasteiger partial charge < -0.3 is 4.74 Å². The van der Waals surface area contributed by atoms with Crippen LogP contribution in [0.25, 0.3) is 5.57 Å². The van der Waals surface area contributed by atoms with Crippen LogP contribution in [0.15, 0.2) is 30.5 Å². The first-order chi connectivity index (χ1) is 9.81. The van der Waals surface area contributed by atoms with Crippen molar-refractivity contribution in [1.82, 2.24) is 0 Å². The van der Waals surface area contributed by atoms with Crippen LogP contribution in [-0.4, -0.2) is 12.9 Å². The zero-order valence-electron chi connectivity index (χ0n) is 12.7. The van der Waals surface area contributed by atoms with Gasteiger partial charge in [-0.25, -0.2) is 0 Å². The molecule has 20 heavy (non-hydrogen) atoms. The van der Waals surface area contributed by atoms with E-state index < -0.39 is 0 Å². The lowest BCUT2D eigenvalue weighted by Crippen LogP contribution is -1.91. The predicted octanol–water partition coefficient (Wildman–Crippen LogP) is 4.78. The number of aryl methyl sites for hydroxylation is 1. The molecule has 0 bridgehead atoms. The number of hydrogen-bond donors (Lipinski definition) is 0. The van der Waals surface area contributed by atoms with Crippen LogP contribution in [-0.2, 0) is 16.0 Å². The molecule has 0 unspecified atom stereocenters. The second-order valence-corrected chi connectivity index (χ2v) is 5.01. The number of allylic oxidation sites excluding steroid dienone is 1. The summed E-state index contributed by atoms with van der Waals surface area (Å²) in [5.74, 6) is 0. The molecule has 0 aliphatic rings. The van der Waals surface area contributed by atoms with Crippen LogP contribution in [0.4, 0.5) is 0 Å². The number of hydrogen-bond acceptors (Lipinski definition) is 2. The Morgan fingerprint density at radius 1 is 1.05 bits per heavy atom. The summed E-state index contributed by atoms with van der Waals surface area (Å²) in [4.78, 5) is 11.0. The molecule has 0 atom stereocenters. The maximum Gasteiger partial charge on any atom is 0.153 e. The molecule has 0 aliphatic heterocycles. The zero-order valence-corrected chi connectivity index (χ0v) is 12.7. The summed E-state index contributed by atoms with van der Waals surface area (Å²) in [5, 5.41) is 0. The quantitative estimate of drug-likeness (QED) is 0.266. The van der Waals surface area contributed by atoms with Crippen LogP contribution in [0.5, 0.6) is 0 Å². The molecular weight excluding hydrogens is 248 g/mol. The highest BCUT2D eigenvalue weighted by atomic mass is 16.5. The summed E-state index contributed by atoms with van der Waals surface area (Å²) in [6.07, 6.45) is 10.0. The van der Waals surface area contributed by atoms with Gasteiger partial charge in [-0.05, 0) is 30.9 Å². The largest absolute Gasteiger partial charge is 0.501 e. The van der Waals surface area contributed by atoms with Crippen molar-refractivity contribution in [2.45, 2.75) is 52.4 Å². The fraction of sp³-hybridized carbons (Fsp3) is 0.500. The highest BCUT2D eigenvalue weighted by molar-refractivity contribution is 6.06. The van der Waals surface area contributed by atoms with Gasteiger partial charge in [0.25, 0.3) is 0 Å². The van der Waals surface area contributed by atoms with Crippen molar-refractivity contribution in [3.63, 3.8) is 0 Å². The van der Waals surface area contributed by atoms with Gasteiger partial charge in [0.15, 0.2) is 6.29 Å². The molecule has 1 aromatic rings. The Bertz CT molecular complexity index is 404. The van der Waals surface area contributed by atoms with Crippen LogP contribution in [0.2, 0.25) is 0 Å². The standard InChI is InChI=1S/C18H26O2/c1-3-5-6-7-8-9-16-10-12-17(13-11-16)18(14-19)15-20-4-2/h10-15H,3-9H2,1-2H3. The van der Waals surface area contributed by atoms with E-state index in [9.17, 15) is 4.79 Å². The average Bonchev–Trinajstić information content (AvgIpc) is 2.49. The number of benzene rings is 1. The second-order valence-electron chi connectivity index (χ2n) is 5.01. The lowest BCUT2D eigenvalue weighted by Gasteiger charge is -2.05. The van der Waals surface area contributed by atoms with E-state index in [2.05, 4.69) is 19.1 Å². The minimum Gasteiger partial charge on any atom is -0.501 e. The summed E-state index contributed by atoms with van der Waals surface area (Å²) in [5.41, 5.74) is 2.86. The van der Waals surface area contributed by atoms with Crippen molar-refractivity contribution >= 4 is 11.9 Å². The first-order valence-corrected chi connectivity index (χ1v) is 7.68. The minimum absolute atomic E-state index is 0.577. The molecular formula is C18H26O2. The van der Waals surface area contributed by atoms with Crippen LogP contribution in [0, 0.1) is 0 Å². The van der Waals surface area contributed by atoms with Crippen molar-refractivity contribution < 1.29 is 9.53 Å². The molecule has 0 spiro atoms. The predicted molar refractivity (Wildman–Crippen MR) is 84.6 cm³/mol. The second kappa shape index (κ2) is 10.2. The maximum absolute atomic E-state index is 11.0. The van der Waals surface area contributed by atoms with Gasteiger partial charge in [-0.15, -0.1) is 0 Å². The van der Waals surface area contributed by atoms with Crippen LogP contribution >= 0.6 is 0 Å². The Kier molecular flexibility index (Phi) is 8.44. The van der Waals surface area contributed by atoms with E-state index in [0.29, 0.717) is 12.2 Å². The molecule has 0 fully saturated rings. The molecule has 0 N–H and O–H groups in total. The van der Waals surface area contributed by atoms with E-state index in [-0.39, 0.29) is 0 Å². The summed E-state index contributed by atoms with van der Waals surface area (Å²) >= 11 is 0. The number of carbonyl (C=O) groups excluding carboxylic acids is 1. The van der Waals surface area contributed by atoms with Gasteiger partial charge in [-0.1, -0.05) is 56.9 Å². The molecule has 0 heterocycles. The summed E-state index contributed by atoms with van der Waals surface area (Å²) in [6, 6.07) is 8.22. The molecule has 0 aliphatic carbocycles. The number of unbranched alkanes of at least 4 members (excludes halogenated alkanes) is 4. The monoisotopic (exact) mass is 274 g/mol. The highest BCUT2D eigenvalue weighted by Crippen LogP contribution is 2.15. The van der Waals surface area contributed by atoms with Crippen LogP contribution in [0.1, 0.15) is 57.1 Å². The molecule has 110 valence electrons. The zero-order chi connectivity index (χ0) is 14.6. The first kappa shape index (κ1) is 16.5. The Balaban J connectivity index is 2.48. The van der Waals surface area contributed by atoms with Crippen molar-refractivity contribution in [3.05, 3.63) is 41.7 Å². The normalized spacial score (nSPS) is 11.4. The summed E-state index contributed by atoms with van der Waals surface area (Å²) in [7, 11) is 0. The molecule has 0 aromatic heterocycles. The smallest absolute Gasteiger partial charge is 0.153 e. The van der Waals surface area contributed by atoms with Gasteiger partial charge in [0.2, 0.25) is 0 Å². The lowest BCUT2D eigenvalue weighted by atomic mass is 10.0. The third-order valence-corrected chi connectivity index (χ3v) is 3.36. The molecule has 0 amide bonds. The van der Waals surface area contributed by atoms with Crippen molar-refractivity contribution in [2.24, 2.45) is 0 Å². The van der Waals surface area contributed by atoms with Crippen molar-refractivity contribution in [1.29, 1.82) is 0 Å². The van der Waals surface area contributed by atoms with E-state index in [1.165, 1.54) is 43.9 Å². The van der Waals surface area contributed by atoms with Gasteiger partial charge in [0, 0.05) is 0 Å². The van der Waals surface area contributed by atoms with Gasteiger partial charge in [0.05, 0.1) is 18.4 Å². The van der Waals surface area contributed by atoms with E-state index in [1.807, 2.05) is 19.1 Å². The van der Waals surface area contributed by atoms with E-state index in [1.54, 1.807) is 0 Å². The Labute approximate surface area is 122 Å². The molecule has 1 rings (SSSR count). The highest BCUT2D eigenvalue weighted by Gasteiger charge is 2.01. The van der Waals surface area contributed by atoms with Crippen LogP contribution < -0.4 is 0 Å². The molecule has 0 radical (unpaired) electrons. The van der Waals surface area contributed by atoms with E-state index in [0.717, 1.165) is 18.3 Å². The van der Waals surface area contributed by atoms with E-state index in [4.69, 9.17) is 4.74 Å². The average molecular weight is 274 g/mol. The fourth-order valence-corrected chi connectivity index (χ4v) is 2.13. The summed E-state index contributed by atoms with van der Waals surface area (Å²) in [6.45, 7) is 4.72. The third kappa shape index (κ3) is 6.05. The van der Waals surface area contributed by atoms with Gasteiger partial charge in [0.1, 0.15) is 0 Å². The van der Waals surface area contributed by atoms with Gasteiger partial charge in [-0.3, -0.25) is 4.79 Å². The first-order valence-electron chi connectivity index (χ1n) is 7.68. The Morgan fingerprint density at radius 2 is 1.75 bits per heavy atom. The maximum atomic E-state index is 11.0. The molecule has 0 saturated heterocycles. The number of carbonyl (C=O) groups is 1.